The Bertz CT molecular complexity index is 639. The average Bonchev–Trinajstić information content (AvgIpc) is 2.46. The number of aryl methyl sites for hydroxylation is 2. The zero-order valence-electron chi connectivity index (χ0n) is 11.5. The molecule has 0 aliphatic carbocycles. The first-order valence-electron chi connectivity index (χ1n) is 6.91. The molecule has 1 nitrogen and oxygen atoms in total. The van der Waals surface area contributed by atoms with E-state index in [1.807, 2.05) is 12.1 Å². The number of hydrogen-bond donors (Lipinski definition) is 0. The Balaban J connectivity index is 2.14. The van der Waals surface area contributed by atoms with Gasteiger partial charge in [-0.05, 0) is 43.0 Å². The quantitative estimate of drug-likeness (QED) is 0.635. The molecular weight excluding hydrogens is 334 g/mol. The maximum Gasteiger partial charge on any atom is 0.0646 e. The lowest BCUT2D eigenvalue weighted by atomic mass is 9.98. The average molecular weight is 351 g/mol. The van der Waals surface area contributed by atoms with E-state index in [2.05, 4.69) is 52.0 Å². The van der Waals surface area contributed by atoms with Crippen LogP contribution in [0.15, 0.2) is 36.4 Å². The fourth-order valence-corrected chi connectivity index (χ4v) is 3.68. The van der Waals surface area contributed by atoms with Gasteiger partial charge in [0.1, 0.15) is 0 Å². The van der Waals surface area contributed by atoms with Gasteiger partial charge in [0.2, 0.25) is 0 Å². The van der Waals surface area contributed by atoms with Crippen LogP contribution < -0.4 is 4.90 Å². The van der Waals surface area contributed by atoms with Crippen LogP contribution in [0.5, 0.6) is 0 Å². The monoisotopic (exact) mass is 349 g/mol. The molecule has 1 aliphatic rings. The Kier molecular flexibility index (Phi) is 4.04. The second kappa shape index (κ2) is 5.79. The number of nitrogens with zero attached hydrogens (tertiary/aromatic N) is 1. The largest absolute Gasteiger partial charge is 0.340 e. The molecule has 0 radical (unpaired) electrons. The van der Waals surface area contributed by atoms with E-state index in [0.717, 1.165) is 29.0 Å². The van der Waals surface area contributed by atoms with Gasteiger partial charge in [-0.3, -0.25) is 0 Å². The predicted molar refractivity (Wildman–Crippen MR) is 90.6 cm³/mol. The Morgan fingerprint density at radius 1 is 1.25 bits per heavy atom. The molecular formula is C17H17BrClN. The third kappa shape index (κ3) is 2.47. The molecule has 104 valence electrons. The Labute approximate surface area is 133 Å². The normalized spacial score (nSPS) is 14.2. The highest BCUT2D eigenvalue weighted by atomic mass is 79.9. The van der Waals surface area contributed by atoms with E-state index < -0.39 is 0 Å². The van der Waals surface area contributed by atoms with Gasteiger partial charge >= 0.3 is 0 Å². The number of para-hydroxylation sites is 1. The first-order valence-corrected chi connectivity index (χ1v) is 8.41. The van der Waals surface area contributed by atoms with Crippen LogP contribution in [0.2, 0.25) is 5.02 Å². The zero-order valence-corrected chi connectivity index (χ0v) is 13.8. The first-order chi connectivity index (χ1) is 9.70. The molecule has 20 heavy (non-hydrogen) atoms. The maximum absolute atomic E-state index is 6.48. The van der Waals surface area contributed by atoms with Crippen LogP contribution in [-0.2, 0) is 11.8 Å². The van der Waals surface area contributed by atoms with Gasteiger partial charge in [-0.1, -0.05) is 57.4 Å². The number of hydrogen-bond acceptors (Lipinski definition) is 1. The molecule has 0 aromatic heterocycles. The second-order valence-electron chi connectivity index (χ2n) is 5.27. The van der Waals surface area contributed by atoms with E-state index in [-0.39, 0.29) is 0 Å². The summed E-state index contributed by atoms with van der Waals surface area (Å²) in [6.45, 7) is 3.18. The maximum atomic E-state index is 6.48. The molecule has 1 aliphatic heterocycles. The lowest BCUT2D eigenvalue weighted by Gasteiger charge is -2.33. The van der Waals surface area contributed by atoms with Crippen LogP contribution in [0, 0.1) is 6.92 Å². The van der Waals surface area contributed by atoms with Crippen LogP contribution in [0.25, 0.3) is 0 Å². The molecule has 3 rings (SSSR count). The van der Waals surface area contributed by atoms with Crippen molar-refractivity contribution >= 4 is 38.9 Å². The third-order valence-corrected chi connectivity index (χ3v) is 4.75. The lowest BCUT2D eigenvalue weighted by Crippen LogP contribution is -2.25. The van der Waals surface area contributed by atoms with Crippen LogP contribution >= 0.6 is 27.5 Å². The highest BCUT2D eigenvalue weighted by molar-refractivity contribution is 9.08. The summed E-state index contributed by atoms with van der Waals surface area (Å²) in [5, 5.41) is 1.65. The van der Waals surface area contributed by atoms with E-state index in [1.54, 1.807) is 0 Å². The summed E-state index contributed by atoms with van der Waals surface area (Å²) < 4.78 is 0. The number of rotatable bonds is 2. The smallest absolute Gasteiger partial charge is 0.0646 e. The van der Waals surface area contributed by atoms with Crippen molar-refractivity contribution in [3.63, 3.8) is 0 Å². The molecule has 2 aromatic carbocycles. The van der Waals surface area contributed by atoms with Crippen molar-refractivity contribution in [1.82, 2.24) is 0 Å². The van der Waals surface area contributed by atoms with Gasteiger partial charge in [0, 0.05) is 17.6 Å². The van der Waals surface area contributed by atoms with Crippen molar-refractivity contribution in [3.8, 4) is 0 Å². The predicted octanol–water partition coefficient (Wildman–Crippen LogP) is 5.63. The lowest BCUT2D eigenvalue weighted by molar-refractivity contribution is 0.764. The molecule has 2 aromatic rings. The summed E-state index contributed by atoms with van der Waals surface area (Å²) >= 11 is 10.1. The van der Waals surface area contributed by atoms with Crippen molar-refractivity contribution in [2.24, 2.45) is 0 Å². The summed E-state index contributed by atoms with van der Waals surface area (Å²) in [6, 6.07) is 12.8. The molecule has 0 saturated heterocycles. The fraction of sp³-hybridized carbons (Fsp3) is 0.294. The molecule has 0 spiro atoms. The Hall–Kier alpha value is -0.990. The minimum Gasteiger partial charge on any atom is -0.340 e. The molecule has 0 unspecified atom stereocenters. The summed E-state index contributed by atoms with van der Waals surface area (Å²) in [5.74, 6) is 0. The van der Waals surface area contributed by atoms with E-state index >= 15 is 0 Å². The van der Waals surface area contributed by atoms with Gasteiger partial charge in [-0.2, -0.15) is 0 Å². The van der Waals surface area contributed by atoms with Gasteiger partial charge in [-0.15, -0.1) is 0 Å². The fourth-order valence-electron chi connectivity index (χ4n) is 2.93. The van der Waals surface area contributed by atoms with E-state index in [9.17, 15) is 0 Å². The Morgan fingerprint density at radius 3 is 2.90 bits per heavy atom. The Morgan fingerprint density at radius 2 is 2.10 bits per heavy atom. The highest BCUT2D eigenvalue weighted by Crippen LogP contribution is 2.40. The topological polar surface area (TPSA) is 3.24 Å². The van der Waals surface area contributed by atoms with Crippen LogP contribution in [0.4, 0.5) is 11.4 Å². The number of fused-ring (bicyclic) bond motifs is 1. The minimum absolute atomic E-state index is 0.820. The SMILES string of the molecule is Cc1ccc2c(c1)CCCN2c1c(Cl)cccc1CBr. The second-order valence-corrected chi connectivity index (χ2v) is 6.24. The summed E-state index contributed by atoms with van der Waals surface area (Å²) in [6.07, 6.45) is 2.32. The number of anilines is 2. The summed E-state index contributed by atoms with van der Waals surface area (Å²) in [5.41, 5.74) is 6.45. The molecule has 1 heterocycles. The van der Waals surface area contributed by atoms with Crippen molar-refractivity contribution in [1.29, 1.82) is 0 Å². The molecule has 0 fully saturated rings. The van der Waals surface area contributed by atoms with Crippen LogP contribution in [0.3, 0.4) is 0 Å². The van der Waals surface area contributed by atoms with Crippen molar-refractivity contribution in [3.05, 3.63) is 58.1 Å². The van der Waals surface area contributed by atoms with Gasteiger partial charge in [-0.25, -0.2) is 0 Å². The standard InChI is InChI=1S/C17H17BrClN/c1-12-7-8-16-13(10-12)5-3-9-20(16)17-14(11-18)4-2-6-15(17)19/h2,4,6-8,10H,3,5,9,11H2,1H3. The van der Waals surface area contributed by atoms with Gasteiger partial charge < -0.3 is 4.90 Å². The number of alkyl halides is 1. The molecule has 3 heteroatoms. The zero-order chi connectivity index (χ0) is 14.1. The molecule has 0 N–H and O–H groups in total. The molecule has 0 bridgehead atoms. The van der Waals surface area contributed by atoms with Crippen LogP contribution in [-0.4, -0.2) is 6.54 Å². The minimum atomic E-state index is 0.820. The van der Waals surface area contributed by atoms with E-state index in [1.165, 1.54) is 28.8 Å². The summed E-state index contributed by atoms with van der Waals surface area (Å²) in [7, 11) is 0. The highest BCUT2D eigenvalue weighted by Gasteiger charge is 2.22. The number of benzene rings is 2. The molecule has 0 saturated carbocycles. The number of halogens is 2. The first kappa shape index (κ1) is 14.0. The molecule has 0 amide bonds. The van der Waals surface area contributed by atoms with Gasteiger partial charge in [0.05, 0.1) is 10.7 Å². The van der Waals surface area contributed by atoms with Crippen LogP contribution in [0.1, 0.15) is 23.1 Å². The van der Waals surface area contributed by atoms with Gasteiger partial charge in [0.25, 0.3) is 0 Å². The van der Waals surface area contributed by atoms with Crippen molar-refractivity contribution < 1.29 is 0 Å². The van der Waals surface area contributed by atoms with E-state index in [0.29, 0.717) is 0 Å². The van der Waals surface area contributed by atoms with Crippen molar-refractivity contribution in [2.45, 2.75) is 25.1 Å². The third-order valence-electron chi connectivity index (χ3n) is 3.84. The molecule has 0 atom stereocenters. The van der Waals surface area contributed by atoms with Crippen molar-refractivity contribution in [2.75, 3.05) is 11.4 Å². The summed E-state index contributed by atoms with van der Waals surface area (Å²) in [4.78, 5) is 2.37. The van der Waals surface area contributed by atoms with E-state index in [4.69, 9.17) is 11.6 Å². The van der Waals surface area contributed by atoms with Gasteiger partial charge in [0.15, 0.2) is 0 Å².